The van der Waals surface area contributed by atoms with Gasteiger partial charge in [-0.15, -0.1) is 0 Å². The molecule has 0 radical (unpaired) electrons. The van der Waals surface area contributed by atoms with E-state index in [-0.39, 0.29) is 23.9 Å². The predicted molar refractivity (Wildman–Crippen MR) is 65.7 cm³/mol. The average molecular weight is 237 g/mol. The number of rotatable bonds is 4. The predicted octanol–water partition coefficient (Wildman–Crippen LogP) is -0.547. The molecule has 1 aromatic carbocycles. The number of carbonyl (C=O) groups is 1. The van der Waals surface area contributed by atoms with Gasteiger partial charge in [-0.1, -0.05) is 19.9 Å². The Morgan fingerprint density at radius 1 is 1.41 bits per heavy atom. The van der Waals surface area contributed by atoms with Crippen molar-refractivity contribution in [3.63, 3.8) is 0 Å². The monoisotopic (exact) mass is 237 g/mol. The van der Waals surface area contributed by atoms with Crippen molar-refractivity contribution in [2.45, 2.75) is 20.5 Å². The van der Waals surface area contributed by atoms with Crippen LogP contribution in [0.4, 0.5) is 5.69 Å². The van der Waals surface area contributed by atoms with Gasteiger partial charge in [0.25, 0.3) is 0 Å². The lowest BCUT2D eigenvalue weighted by molar-refractivity contribution is -0.118. The number of nitrogens with one attached hydrogen (secondary N) is 1. The molecule has 0 unspecified atom stereocenters. The molecule has 1 rings (SSSR count). The molecule has 0 heterocycles. The van der Waals surface area contributed by atoms with E-state index in [1.807, 2.05) is 0 Å². The van der Waals surface area contributed by atoms with Crippen LogP contribution in [0.3, 0.4) is 0 Å². The Hall–Kier alpha value is -1.37. The van der Waals surface area contributed by atoms with Gasteiger partial charge in [-0.2, -0.15) is 0 Å². The molecular weight excluding hydrogens is 221 g/mol. The third kappa shape index (κ3) is 3.56. The summed E-state index contributed by atoms with van der Waals surface area (Å²) < 4.78 is 0. The Kier molecular flexibility index (Phi) is 4.68. The fourth-order valence-corrected chi connectivity index (χ4v) is 1.34. The van der Waals surface area contributed by atoms with Crippen molar-refractivity contribution in [2.24, 2.45) is 5.92 Å². The number of benzene rings is 1. The van der Waals surface area contributed by atoms with E-state index in [4.69, 9.17) is 15.2 Å². The third-order valence-corrected chi connectivity index (χ3v) is 2.39. The molecule has 0 aromatic heterocycles. The second-order valence-corrected chi connectivity index (χ2v) is 4.09. The summed E-state index contributed by atoms with van der Waals surface area (Å²) in [6.45, 7) is 3.24. The number of amides is 1. The van der Waals surface area contributed by atoms with Gasteiger partial charge in [-0.05, 0) is 23.2 Å². The van der Waals surface area contributed by atoms with Gasteiger partial charge in [0.05, 0.1) is 6.61 Å². The van der Waals surface area contributed by atoms with Gasteiger partial charge in [0.2, 0.25) is 5.91 Å². The summed E-state index contributed by atoms with van der Waals surface area (Å²) >= 11 is 0. The van der Waals surface area contributed by atoms with Crippen LogP contribution in [0, 0.1) is 5.92 Å². The molecule has 0 atom stereocenters. The Bertz CT molecular complexity index is 406. The minimum Gasteiger partial charge on any atom is -0.423 e. The minimum absolute atomic E-state index is 0.153. The summed E-state index contributed by atoms with van der Waals surface area (Å²) in [6.07, 6.45) is 0. The van der Waals surface area contributed by atoms with Crippen LogP contribution >= 0.6 is 0 Å². The second kappa shape index (κ2) is 5.81. The van der Waals surface area contributed by atoms with E-state index in [0.717, 1.165) is 0 Å². The van der Waals surface area contributed by atoms with E-state index < -0.39 is 7.12 Å². The highest BCUT2D eigenvalue weighted by molar-refractivity contribution is 6.59. The summed E-state index contributed by atoms with van der Waals surface area (Å²) in [6, 6.07) is 4.60. The Labute approximate surface area is 100 Å². The van der Waals surface area contributed by atoms with E-state index >= 15 is 0 Å². The molecule has 0 bridgehead atoms. The fourth-order valence-electron chi connectivity index (χ4n) is 1.34. The number of anilines is 1. The first-order valence-corrected chi connectivity index (χ1v) is 5.36. The molecule has 0 aliphatic heterocycles. The zero-order valence-electron chi connectivity index (χ0n) is 9.84. The quantitative estimate of drug-likeness (QED) is 0.529. The average Bonchev–Trinajstić information content (AvgIpc) is 2.28. The topological polar surface area (TPSA) is 89.8 Å². The van der Waals surface area contributed by atoms with Gasteiger partial charge in [0.15, 0.2) is 0 Å². The maximum Gasteiger partial charge on any atom is 0.488 e. The van der Waals surface area contributed by atoms with E-state index in [2.05, 4.69) is 5.32 Å². The SMILES string of the molecule is CC(C)C(=O)Nc1ccc(CO)c(B(O)O)c1. The third-order valence-electron chi connectivity index (χ3n) is 2.39. The molecule has 0 saturated carbocycles. The lowest BCUT2D eigenvalue weighted by atomic mass is 9.77. The summed E-state index contributed by atoms with van der Waals surface area (Å²) in [5.41, 5.74) is 1.08. The highest BCUT2D eigenvalue weighted by Gasteiger charge is 2.17. The fraction of sp³-hybridized carbons (Fsp3) is 0.364. The number of aliphatic hydroxyl groups excluding tert-OH is 1. The molecule has 1 aromatic rings. The number of carbonyl (C=O) groups excluding carboxylic acids is 1. The van der Waals surface area contributed by atoms with E-state index in [0.29, 0.717) is 11.3 Å². The van der Waals surface area contributed by atoms with Crippen molar-refractivity contribution in [1.82, 2.24) is 0 Å². The van der Waals surface area contributed by atoms with E-state index in [1.165, 1.54) is 6.07 Å². The van der Waals surface area contributed by atoms with Crippen molar-refractivity contribution in [2.75, 3.05) is 5.32 Å². The highest BCUT2D eigenvalue weighted by atomic mass is 16.4. The maximum absolute atomic E-state index is 11.5. The Morgan fingerprint density at radius 2 is 2.06 bits per heavy atom. The molecule has 17 heavy (non-hydrogen) atoms. The van der Waals surface area contributed by atoms with E-state index in [9.17, 15) is 4.79 Å². The zero-order valence-corrected chi connectivity index (χ0v) is 9.84. The molecule has 5 nitrogen and oxygen atoms in total. The van der Waals surface area contributed by atoms with Crippen molar-refractivity contribution < 1.29 is 19.9 Å². The molecule has 4 N–H and O–H groups in total. The molecule has 1 amide bonds. The van der Waals surface area contributed by atoms with Crippen molar-refractivity contribution in [3.05, 3.63) is 23.8 Å². The standard InChI is InChI=1S/C11H16BNO4/c1-7(2)11(15)13-9-4-3-8(6-14)10(5-9)12(16)17/h3-5,7,14,16-17H,6H2,1-2H3,(H,13,15). The summed E-state index contributed by atoms with van der Waals surface area (Å²) in [5.74, 6) is -0.310. The number of aliphatic hydroxyl groups is 1. The number of hydrogen-bond donors (Lipinski definition) is 4. The van der Waals surface area contributed by atoms with Crippen LogP contribution in [0.5, 0.6) is 0 Å². The van der Waals surface area contributed by atoms with Gasteiger partial charge in [0, 0.05) is 11.6 Å². The molecule has 0 aliphatic carbocycles. The van der Waals surface area contributed by atoms with Gasteiger partial charge in [-0.25, -0.2) is 0 Å². The molecule has 0 spiro atoms. The molecule has 0 aliphatic rings. The largest absolute Gasteiger partial charge is 0.488 e. The number of hydrogen-bond acceptors (Lipinski definition) is 4. The summed E-state index contributed by atoms with van der Waals surface area (Å²) in [5, 5.41) is 29.9. The maximum atomic E-state index is 11.5. The summed E-state index contributed by atoms with van der Waals surface area (Å²) in [7, 11) is -1.67. The minimum atomic E-state index is -1.67. The zero-order chi connectivity index (χ0) is 13.0. The first kappa shape index (κ1) is 13.7. The van der Waals surface area contributed by atoms with E-state index in [1.54, 1.807) is 26.0 Å². The Balaban J connectivity index is 2.96. The van der Waals surface area contributed by atoms with Crippen molar-refractivity contribution >= 4 is 24.2 Å². The van der Waals surface area contributed by atoms with Gasteiger partial charge in [-0.3, -0.25) is 4.79 Å². The van der Waals surface area contributed by atoms with Gasteiger partial charge >= 0.3 is 7.12 Å². The van der Waals surface area contributed by atoms with Crippen LogP contribution < -0.4 is 10.8 Å². The van der Waals surface area contributed by atoms with Crippen LogP contribution in [0.1, 0.15) is 19.4 Å². The van der Waals surface area contributed by atoms with Crippen LogP contribution in [0.2, 0.25) is 0 Å². The van der Waals surface area contributed by atoms with Crippen molar-refractivity contribution in [1.29, 1.82) is 0 Å². The molecule has 92 valence electrons. The second-order valence-electron chi connectivity index (χ2n) is 4.09. The Morgan fingerprint density at radius 3 is 2.53 bits per heavy atom. The summed E-state index contributed by atoms with van der Waals surface area (Å²) in [4.78, 5) is 11.5. The van der Waals surface area contributed by atoms with Crippen LogP contribution in [-0.2, 0) is 11.4 Å². The smallest absolute Gasteiger partial charge is 0.423 e. The normalized spacial score (nSPS) is 10.5. The van der Waals surface area contributed by atoms with Gasteiger partial charge in [0.1, 0.15) is 0 Å². The molecule has 6 heteroatoms. The lowest BCUT2D eigenvalue weighted by Gasteiger charge is -2.11. The first-order chi connectivity index (χ1) is 7.95. The molecular formula is C11H16BNO4. The molecule has 0 saturated heterocycles. The van der Waals surface area contributed by atoms with Crippen LogP contribution in [-0.4, -0.2) is 28.2 Å². The van der Waals surface area contributed by atoms with Crippen LogP contribution in [0.15, 0.2) is 18.2 Å². The van der Waals surface area contributed by atoms with Gasteiger partial charge < -0.3 is 20.5 Å². The first-order valence-electron chi connectivity index (χ1n) is 5.36. The van der Waals surface area contributed by atoms with Crippen molar-refractivity contribution in [3.8, 4) is 0 Å². The van der Waals surface area contributed by atoms with Crippen LogP contribution in [0.25, 0.3) is 0 Å². The molecule has 0 fully saturated rings. The lowest BCUT2D eigenvalue weighted by Crippen LogP contribution is -2.33. The highest BCUT2D eigenvalue weighted by Crippen LogP contribution is 2.10.